The number of carbonyl (C=O) groups excluding carboxylic acids is 1. The maximum Gasteiger partial charge on any atom is 0.333 e. The lowest BCUT2D eigenvalue weighted by Gasteiger charge is -2.29. The van der Waals surface area contributed by atoms with Crippen LogP contribution in [-0.4, -0.2) is 37.7 Å². The number of carbonyl (C=O) groups is 1. The molecule has 0 aliphatic carbocycles. The van der Waals surface area contributed by atoms with E-state index < -0.39 is 0 Å². The molecule has 4 heteroatoms. The van der Waals surface area contributed by atoms with E-state index in [1.54, 1.807) is 6.92 Å². The second kappa shape index (κ2) is 6.73. The van der Waals surface area contributed by atoms with Crippen molar-refractivity contribution in [2.24, 2.45) is 0 Å². The smallest absolute Gasteiger partial charge is 0.333 e. The van der Waals surface area contributed by atoms with Crippen LogP contribution in [0.5, 0.6) is 0 Å². The van der Waals surface area contributed by atoms with Gasteiger partial charge in [0.1, 0.15) is 19.7 Å². The molecule has 0 fully saturated rings. The molecule has 1 aromatic rings. The van der Waals surface area contributed by atoms with E-state index in [0.29, 0.717) is 12.2 Å². The third kappa shape index (κ3) is 5.90. The average molecular weight is 283 g/mol. The van der Waals surface area contributed by atoms with Crippen LogP contribution in [0.3, 0.4) is 0 Å². The molecule has 104 valence electrons. The standard InChI is InChI=1S/C15H21ClNO2/c1-12(2)15(18)19-9-8-17(3,4)11-13-6-5-7-14(16)10-13/h5-7,10H,1,8-9,11H2,2-4H3/q+1. The highest BCUT2D eigenvalue weighted by Gasteiger charge is 2.17. The van der Waals surface area contributed by atoms with Gasteiger partial charge in [0.15, 0.2) is 0 Å². The molecule has 0 aromatic heterocycles. The van der Waals surface area contributed by atoms with Crippen molar-refractivity contribution in [3.8, 4) is 0 Å². The molecule has 1 aromatic carbocycles. The van der Waals surface area contributed by atoms with Gasteiger partial charge >= 0.3 is 5.97 Å². The van der Waals surface area contributed by atoms with Gasteiger partial charge in [0, 0.05) is 16.2 Å². The van der Waals surface area contributed by atoms with E-state index in [0.717, 1.165) is 22.6 Å². The fourth-order valence-electron chi connectivity index (χ4n) is 1.72. The normalized spacial score (nSPS) is 11.2. The van der Waals surface area contributed by atoms with Crippen LogP contribution in [0.1, 0.15) is 12.5 Å². The molecular weight excluding hydrogens is 262 g/mol. The molecule has 0 unspecified atom stereocenters. The predicted octanol–water partition coefficient (Wildman–Crippen LogP) is 3.04. The van der Waals surface area contributed by atoms with Crippen molar-refractivity contribution in [2.45, 2.75) is 13.5 Å². The number of hydrogen-bond acceptors (Lipinski definition) is 2. The van der Waals surface area contributed by atoms with Gasteiger partial charge in [0.2, 0.25) is 0 Å². The predicted molar refractivity (Wildman–Crippen MR) is 77.9 cm³/mol. The van der Waals surface area contributed by atoms with Gasteiger partial charge in [-0.2, -0.15) is 0 Å². The number of hydrogen-bond donors (Lipinski definition) is 0. The topological polar surface area (TPSA) is 26.3 Å². The number of nitrogens with zero attached hydrogens (tertiary/aromatic N) is 1. The Bertz CT molecular complexity index is 469. The van der Waals surface area contributed by atoms with Crippen LogP contribution in [0.15, 0.2) is 36.4 Å². The van der Waals surface area contributed by atoms with Crippen molar-refractivity contribution in [1.29, 1.82) is 0 Å². The zero-order chi connectivity index (χ0) is 14.5. The summed E-state index contributed by atoms with van der Waals surface area (Å²) in [6.07, 6.45) is 0. The molecule has 0 bridgehead atoms. The Morgan fingerprint density at radius 3 is 2.68 bits per heavy atom. The lowest BCUT2D eigenvalue weighted by molar-refractivity contribution is -0.903. The summed E-state index contributed by atoms with van der Waals surface area (Å²) in [7, 11) is 4.19. The molecule has 0 aliphatic heterocycles. The summed E-state index contributed by atoms with van der Waals surface area (Å²) >= 11 is 5.97. The maximum absolute atomic E-state index is 11.3. The second-order valence-electron chi connectivity index (χ2n) is 5.36. The van der Waals surface area contributed by atoms with Crippen molar-refractivity contribution in [2.75, 3.05) is 27.2 Å². The Morgan fingerprint density at radius 2 is 2.11 bits per heavy atom. The largest absolute Gasteiger partial charge is 0.456 e. The van der Waals surface area contributed by atoms with Crippen LogP contribution in [0.4, 0.5) is 0 Å². The number of likely N-dealkylation sites (N-methyl/N-ethyl adjacent to an activating group) is 1. The minimum absolute atomic E-state index is 0.331. The Morgan fingerprint density at radius 1 is 1.42 bits per heavy atom. The van der Waals surface area contributed by atoms with E-state index in [2.05, 4.69) is 20.7 Å². The molecule has 0 radical (unpaired) electrons. The maximum atomic E-state index is 11.3. The van der Waals surface area contributed by atoms with Gasteiger partial charge in [-0.1, -0.05) is 30.3 Å². The van der Waals surface area contributed by atoms with E-state index in [4.69, 9.17) is 16.3 Å². The SMILES string of the molecule is C=C(C)C(=O)OCC[N+](C)(C)Cc1cccc(Cl)c1. The minimum atomic E-state index is -0.331. The number of esters is 1. The van der Waals surface area contributed by atoms with Gasteiger partial charge < -0.3 is 9.22 Å². The first kappa shape index (κ1) is 15.7. The number of benzene rings is 1. The molecule has 0 heterocycles. The van der Waals surface area contributed by atoms with Crippen molar-refractivity contribution in [3.05, 3.63) is 47.0 Å². The highest BCUT2D eigenvalue weighted by Crippen LogP contribution is 2.14. The number of rotatable bonds is 6. The monoisotopic (exact) mass is 282 g/mol. The van der Waals surface area contributed by atoms with Crippen LogP contribution < -0.4 is 0 Å². The number of quaternary nitrogens is 1. The van der Waals surface area contributed by atoms with Crippen LogP contribution in [0, 0.1) is 0 Å². The third-order valence-electron chi connectivity index (χ3n) is 2.78. The first-order valence-corrected chi connectivity index (χ1v) is 6.57. The minimum Gasteiger partial charge on any atom is -0.456 e. The van der Waals surface area contributed by atoms with Crippen LogP contribution in [0.2, 0.25) is 5.02 Å². The van der Waals surface area contributed by atoms with Crippen LogP contribution >= 0.6 is 11.6 Å². The van der Waals surface area contributed by atoms with Gasteiger partial charge in [0.05, 0.1) is 14.1 Å². The quantitative estimate of drug-likeness (QED) is 0.455. The summed E-state index contributed by atoms with van der Waals surface area (Å²) < 4.78 is 5.85. The summed E-state index contributed by atoms with van der Waals surface area (Å²) in [5.41, 5.74) is 1.60. The molecule has 0 spiro atoms. The Balaban J connectivity index is 2.48. The van der Waals surface area contributed by atoms with Gasteiger partial charge in [-0.05, 0) is 19.1 Å². The van der Waals surface area contributed by atoms with Gasteiger partial charge in [-0.15, -0.1) is 0 Å². The highest BCUT2D eigenvalue weighted by molar-refractivity contribution is 6.30. The molecule has 3 nitrogen and oxygen atoms in total. The van der Waals surface area contributed by atoms with E-state index >= 15 is 0 Å². The summed E-state index contributed by atoms with van der Waals surface area (Å²) in [4.78, 5) is 11.3. The second-order valence-corrected chi connectivity index (χ2v) is 5.80. The molecule has 0 saturated carbocycles. The van der Waals surface area contributed by atoms with Crippen LogP contribution in [0.25, 0.3) is 0 Å². The lowest BCUT2D eigenvalue weighted by atomic mass is 10.2. The Labute approximate surface area is 120 Å². The summed E-state index contributed by atoms with van der Waals surface area (Å²) in [5.74, 6) is -0.331. The summed E-state index contributed by atoms with van der Waals surface area (Å²) in [6, 6.07) is 7.81. The van der Waals surface area contributed by atoms with E-state index in [1.165, 1.54) is 5.56 Å². The van der Waals surface area contributed by atoms with Crippen molar-refractivity contribution in [3.63, 3.8) is 0 Å². The van der Waals surface area contributed by atoms with Gasteiger partial charge in [-0.3, -0.25) is 0 Å². The number of ether oxygens (including phenoxy) is 1. The number of halogens is 1. The fraction of sp³-hybridized carbons (Fsp3) is 0.400. The van der Waals surface area contributed by atoms with Crippen molar-refractivity contribution < 1.29 is 14.0 Å². The Hall–Kier alpha value is -1.32. The van der Waals surface area contributed by atoms with Gasteiger partial charge in [0.25, 0.3) is 0 Å². The molecule has 0 saturated heterocycles. The van der Waals surface area contributed by atoms with Crippen molar-refractivity contribution >= 4 is 17.6 Å². The zero-order valence-corrected chi connectivity index (χ0v) is 12.5. The van der Waals surface area contributed by atoms with E-state index in [-0.39, 0.29) is 5.97 Å². The third-order valence-corrected chi connectivity index (χ3v) is 3.01. The molecule has 0 N–H and O–H groups in total. The van der Waals surface area contributed by atoms with Gasteiger partial charge in [-0.25, -0.2) is 4.79 Å². The average Bonchev–Trinajstić information content (AvgIpc) is 2.27. The summed E-state index contributed by atoms with van der Waals surface area (Å²) in [6.45, 7) is 7.17. The molecule has 1 rings (SSSR count). The molecule has 0 atom stereocenters. The fourth-order valence-corrected chi connectivity index (χ4v) is 1.93. The van der Waals surface area contributed by atoms with E-state index in [9.17, 15) is 4.79 Å². The summed E-state index contributed by atoms with van der Waals surface area (Å²) in [5, 5.41) is 0.742. The first-order valence-electron chi connectivity index (χ1n) is 6.19. The molecule has 19 heavy (non-hydrogen) atoms. The van der Waals surface area contributed by atoms with E-state index in [1.807, 2.05) is 24.3 Å². The van der Waals surface area contributed by atoms with Crippen LogP contribution in [-0.2, 0) is 16.1 Å². The molecule has 0 amide bonds. The molecule has 0 aliphatic rings. The highest BCUT2D eigenvalue weighted by atomic mass is 35.5. The first-order chi connectivity index (χ1) is 8.80. The Kier molecular flexibility index (Phi) is 5.58. The van der Waals surface area contributed by atoms with Crippen molar-refractivity contribution in [1.82, 2.24) is 0 Å². The molecular formula is C15H21ClNO2+. The zero-order valence-electron chi connectivity index (χ0n) is 11.8. The lowest BCUT2D eigenvalue weighted by Crippen LogP contribution is -2.41.